The smallest absolute Gasteiger partial charge is 0.237 e. The first-order valence-corrected chi connectivity index (χ1v) is 13.7. The summed E-state index contributed by atoms with van der Waals surface area (Å²) in [4.78, 5) is 26.7. The summed E-state index contributed by atoms with van der Waals surface area (Å²) in [6.07, 6.45) is 3.96. The molecule has 2 heterocycles. The summed E-state index contributed by atoms with van der Waals surface area (Å²) in [5.74, 6) is -0.959. The molecule has 0 spiro atoms. The first-order chi connectivity index (χ1) is 16.1. The average molecular weight is 521 g/mol. The van der Waals surface area contributed by atoms with E-state index in [1.54, 1.807) is 42.6 Å². The number of piperidine rings is 1. The standard InChI is InChI=1S/C23H25ClN4O4S2/c24-17-6-4-16-12-18(7-5-15(16)11-17)34(31,32)10-8-20(29)19-3-1-2-9-28(19)22-14-27(13-21(25)30)23(26)33-22/h4-7,11-12,14,19,26H,1-3,8-10,13H2,(H2,25,30). The number of primary amides is 1. The number of carbonyl (C=O) groups excluding carboxylic acids is 2. The number of rotatable bonds is 8. The SMILES string of the molecule is N=c1sc(N2CCCCC2C(=O)CCS(=O)(=O)c2ccc3cc(Cl)ccc3c2)cn1CC(N)=O. The summed E-state index contributed by atoms with van der Waals surface area (Å²) in [6.45, 7) is 0.533. The van der Waals surface area contributed by atoms with Crippen LogP contribution >= 0.6 is 22.9 Å². The number of fused-ring (bicyclic) bond motifs is 1. The van der Waals surface area contributed by atoms with Gasteiger partial charge in [0.1, 0.15) is 11.5 Å². The Balaban J connectivity index is 1.49. The van der Waals surface area contributed by atoms with Gasteiger partial charge in [-0.1, -0.05) is 35.1 Å². The lowest BCUT2D eigenvalue weighted by atomic mass is 9.97. The van der Waals surface area contributed by atoms with Gasteiger partial charge in [-0.05, 0) is 54.3 Å². The average Bonchev–Trinajstić information content (AvgIpc) is 3.16. The van der Waals surface area contributed by atoms with Crippen molar-refractivity contribution in [2.45, 2.75) is 43.2 Å². The summed E-state index contributed by atoms with van der Waals surface area (Å²) < 4.78 is 27.4. The molecule has 0 bridgehead atoms. The van der Waals surface area contributed by atoms with Crippen molar-refractivity contribution in [3.63, 3.8) is 0 Å². The third-order valence-electron chi connectivity index (χ3n) is 5.96. The lowest BCUT2D eigenvalue weighted by Gasteiger charge is -2.35. The van der Waals surface area contributed by atoms with Crippen LogP contribution in [0.25, 0.3) is 10.8 Å². The second kappa shape index (κ2) is 9.89. The molecule has 1 unspecified atom stereocenters. The fourth-order valence-corrected chi connectivity index (χ4v) is 6.65. The molecule has 2 aromatic carbocycles. The van der Waals surface area contributed by atoms with E-state index in [-0.39, 0.29) is 34.2 Å². The molecule has 1 atom stereocenters. The van der Waals surface area contributed by atoms with E-state index in [1.807, 2.05) is 4.90 Å². The molecular weight excluding hydrogens is 496 g/mol. The molecular formula is C23H25ClN4O4S2. The highest BCUT2D eigenvalue weighted by atomic mass is 35.5. The predicted octanol–water partition coefficient (Wildman–Crippen LogP) is 3.11. The van der Waals surface area contributed by atoms with Gasteiger partial charge in [-0.2, -0.15) is 0 Å². The second-order valence-corrected chi connectivity index (χ2v) is 11.9. The number of nitrogens with one attached hydrogen (secondary N) is 1. The van der Waals surface area contributed by atoms with Gasteiger partial charge in [-0.25, -0.2) is 8.42 Å². The molecule has 1 saturated heterocycles. The Morgan fingerprint density at radius 2 is 1.88 bits per heavy atom. The summed E-state index contributed by atoms with van der Waals surface area (Å²) >= 11 is 7.18. The molecule has 1 aromatic heterocycles. The van der Waals surface area contributed by atoms with E-state index in [1.165, 1.54) is 15.9 Å². The van der Waals surface area contributed by atoms with Crippen LogP contribution in [0.3, 0.4) is 0 Å². The van der Waals surface area contributed by atoms with Gasteiger partial charge in [0, 0.05) is 24.2 Å². The van der Waals surface area contributed by atoms with Crippen LogP contribution in [0.5, 0.6) is 0 Å². The van der Waals surface area contributed by atoms with Crippen LogP contribution in [-0.4, -0.2) is 43.0 Å². The molecule has 11 heteroatoms. The van der Waals surface area contributed by atoms with Gasteiger partial charge in [-0.3, -0.25) is 15.0 Å². The van der Waals surface area contributed by atoms with Crippen molar-refractivity contribution >= 4 is 60.2 Å². The number of amides is 1. The molecule has 3 N–H and O–H groups in total. The Labute approximate surface area is 206 Å². The number of nitrogens with zero attached hydrogens (tertiary/aromatic N) is 2. The van der Waals surface area contributed by atoms with E-state index in [2.05, 4.69) is 0 Å². The van der Waals surface area contributed by atoms with E-state index >= 15 is 0 Å². The Kier molecular flexibility index (Phi) is 7.11. The van der Waals surface area contributed by atoms with Gasteiger partial charge in [0.05, 0.1) is 16.7 Å². The summed E-state index contributed by atoms with van der Waals surface area (Å²) in [5.41, 5.74) is 5.25. The minimum Gasteiger partial charge on any atom is -0.368 e. The van der Waals surface area contributed by atoms with Crippen LogP contribution in [0, 0.1) is 5.41 Å². The van der Waals surface area contributed by atoms with E-state index in [0.29, 0.717) is 23.0 Å². The van der Waals surface area contributed by atoms with Crippen molar-refractivity contribution in [1.29, 1.82) is 5.41 Å². The monoisotopic (exact) mass is 520 g/mol. The van der Waals surface area contributed by atoms with E-state index in [4.69, 9.17) is 22.7 Å². The third-order valence-corrected chi connectivity index (χ3v) is 8.89. The topological polar surface area (TPSA) is 126 Å². The van der Waals surface area contributed by atoms with Crippen molar-refractivity contribution in [1.82, 2.24) is 4.57 Å². The Hall–Kier alpha value is -2.69. The van der Waals surface area contributed by atoms with Crippen LogP contribution < -0.4 is 15.4 Å². The molecule has 180 valence electrons. The number of ketones is 1. The largest absolute Gasteiger partial charge is 0.368 e. The number of benzene rings is 2. The fourth-order valence-electron chi connectivity index (χ4n) is 4.23. The minimum atomic E-state index is -3.65. The number of thiazole rings is 1. The number of halogens is 1. The number of anilines is 1. The van der Waals surface area contributed by atoms with Crippen LogP contribution in [0.2, 0.25) is 5.02 Å². The maximum atomic E-state index is 13.1. The third kappa shape index (κ3) is 5.34. The number of hydrogen-bond donors (Lipinski definition) is 2. The van der Waals surface area contributed by atoms with Crippen LogP contribution in [0.1, 0.15) is 25.7 Å². The van der Waals surface area contributed by atoms with E-state index in [0.717, 1.165) is 23.6 Å². The molecule has 1 aliphatic rings. The molecule has 0 aliphatic carbocycles. The molecule has 8 nitrogen and oxygen atoms in total. The van der Waals surface area contributed by atoms with Gasteiger partial charge in [0.25, 0.3) is 0 Å². The maximum absolute atomic E-state index is 13.1. The normalized spacial score (nSPS) is 16.6. The molecule has 4 rings (SSSR count). The number of Topliss-reactive ketones (excluding diaryl/α,β-unsaturated/α-hetero) is 1. The van der Waals surface area contributed by atoms with Crippen LogP contribution in [-0.2, 0) is 26.0 Å². The van der Waals surface area contributed by atoms with Gasteiger partial charge in [0.15, 0.2) is 20.4 Å². The van der Waals surface area contributed by atoms with Gasteiger partial charge in [-0.15, -0.1) is 0 Å². The summed E-state index contributed by atoms with van der Waals surface area (Å²) in [5, 5.41) is 11.0. The maximum Gasteiger partial charge on any atom is 0.237 e. The van der Waals surface area contributed by atoms with Crippen molar-refractivity contribution < 1.29 is 18.0 Å². The quantitative estimate of drug-likeness (QED) is 0.472. The summed E-state index contributed by atoms with van der Waals surface area (Å²) in [7, 11) is -3.65. The number of hydrogen-bond acceptors (Lipinski definition) is 7. The lowest BCUT2D eigenvalue weighted by molar-refractivity contribution is -0.120. The van der Waals surface area contributed by atoms with Gasteiger partial charge >= 0.3 is 0 Å². The molecule has 3 aromatic rings. The second-order valence-electron chi connectivity index (χ2n) is 8.36. The Bertz CT molecular complexity index is 1410. The molecule has 34 heavy (non-hydrogen) atoms. The first kappa shape index (κ1) is 24.4. The number of carbonyl (C=O) groups is 2. The highest BCUT2D eigenvalue weighted by Gasteiger charge is 2.31. The highest BCUT2D eigenvalue weighted by Crippen LogP contribution is 2.29. The van der Waals surface area contributed by atoms with Crippen molar-refractivity contribution in [2.75, 3.05) is 17.2 Å². The molecule has 0 saturated carbocycles. The van der Waals surface area contributed by atoms with Crippen LogP contribution in [0.4, 0.5) is 5.00 Å². The number of nitrogens with two attached hydrogens (primary N) is 1. The Morgan fingerprint density at radius 3 is 2.65 bits per heavy atom. The fraction of sp³-hybridized carbons (Fsp3) is 0.348. The van der Waals surface area contributed by atoms with Crippen LogP contribution in [0.15, 0.2) is 47.5 Å². The van der Waals surface area contributed by atoms with E-state index < -0.39 is 21.8 Å². The predicted molar refractivity (Wildman–Crippen MR) is 133 cm³/mol. The molecule has 1 fully saturated rings. The van der Waals surface area contributed by atoms with Gasteiger partial charge < -0.3 is 15.2 Å². The van der Waals surface area contributed by atoms with E-state index in [9.17, 15) is 18.0 Å². The molecule has 1 aliphatic heterocycles. The number of aromatic nitrogens is 1. The van der Waals surface area contributed by atoms with Gasteiger partial charge in [0.2, 0.25) is 5.91 Å². The lowest BCUT2D eigenvalue weighted by Crippen LogP contribution is -2.45. The highest BCUT2D eigenvalue weighted by molar-refractivity contribution is 7.91. The zero-order valence-electron chi connectivity index (χ0n) is 18.4. The van der Waals surface area contributed by atoms with Crippen molar-refractivity contribution in [3.8, 4) is 0 Å². The number of sulfone groups is 1. The minimum absolute atomic E-state index is 0.0947. The van der Waals surface area contributed by atoms with Crippen molar-refractivity contribution in [2.24, 2.45) is 5.73 Å². The zero-order valence-corrected chi connectivity index (χ0v) is 20.8. The molecule has 0 radical (unpaired) electrons. The molecule has 1 amide bonds. The Morgan fingerprint density at radius 1 is 1.15 bits per heavy atom. The zero-order chi connectivity index (χ0) is 24.5. The van der Waals surface area contributed by atoms with Crippen molar-refractivity contribution in [3.05, 3.63) is 52.4 Å². The summed E-state index contributed by atoms with van der Waals surface area (Å²) in [6, 6.07) is 9.67. The first-order valence-electron chi connectivity index (χ1n) is 10.9.